The van der Waals surface area contributed by atoms with Crippen LogP contribution in [0.25, 0.3) is 11.3 Å². The molecule has 2 N–H and O–H groups in total. The Balaban J connectivity index is 1.85. The van der Waals surface area contributed by atoms with Gasteiger partial charge in [0, 0.05) is 12.0 Å². The molecule has 0 saturated carbocycles. The third kappa shape index (κ3) is 3.90. The summed E-state index contributed by atoms with van der Waals surface area (Å²) in [6, 6.07) is 18.0. The lowest BCUT2D eigenvalue weighted by Crippen LogP contribution is -2.05. The van der Waals surface area contributed by atoms with Crippen molar-refractivity contribution in [1.82, 2.24) is 9.97 Å². The molecule has 1 aromatic heterocycles. The Kier molecular flexibility index (Phi) is 4.75. The van der Waals surface area contributed by atoms with Crippen molar-refractivity contribution in [2.24, 2.45) is 0 Å². The summed E-state index contributed by atoms with van der Waals surface area (Å²) in [6.07, 6.45) is 2.54. The molecule has 0 aliphatic heterocycles. The van der Waals surface area contributed by atoms with Crippen LogP contribution in [0.15, 0.2) is 60.8 Å². The Bertz CT molecular complexity index is 799. The van der Waals surface area contributed by atoms with Gasteiger partial charge in [-0.05, 0) is 43.7 Å². The van der Waals surface area contributed by atoms with Crippen LogP contribution in [-0.4, -0.2) is 16.1 Å². The lowest BCUT2D eigenvalue weighted by atomic mass is 10.1. The van der Waals surface area contributed by atoms with Gasteiger partial charge in [0.2, 0.25) is 0 Å². The Labute approximate surface area is 142 Å². The number of nitrogens with zero attached hydrogens (tertiary/aromatic N) is 2. The number of ether oxygens (including phenoxy) is 1. The topological polar surface area (TPSA) is 61.0 Å². The SMILES string of the molecule is CC(C)Oc1ccc(-c2cnc(N)c(Cc3ccccc3)n2)cc1. The van der Waals surface area contributed by atoms with Crippen LogP contribution < -0.4 is 10.5 Å². The van der Waals surface area contributed by atoms with E-state index in [9.17, 15) is 0 Å². The first-order chi connectivity index (χ1) is 11.6. The first-order valence-electron chi connectivity index (χ1n) is 8.04. The molecular weight excluding hydrogens is 298 g/mol. The summed E-state index contributed by atoms with van der Waals surface area (Å²) >= 11 is 0. The van der Waals surface area contributed by atoms with Crippen molar-refractivity contribution in [3.8, 4) is 17.0 Å². The van der Waals surface area contributed by atoms with E-state index in [4.69, 9.17) is 15.5 Å². The van der Waals surface area contributed by atoms with E-state index in [-0.39, 0.29) is 6.10 Å². The van der Waals surface area contributed by atoms with E-state index in [2.05, 4.69) is 17.1 Å². The average molecular weight is 319 g/mol. The Morgan fingerprint density at radius 1 is 1.00 bits per heavy atom. The molecule has 0 atom stereocenters. The molecule has 4 nitrogen and oxygen atoms in total. The van der Waals surface area contributed by atoms with Crippen LogP contribution in [0.4, 0.5) is 5.82 Å². The Morgan fingerprint density at radius 3 is 2.38 bits per heavy atom. The average Bonchev–Trinajstić information content (AvgIpc) is 2.58. The normalized spacial score (nSPS) is 10.8. The molecule has 0 unspecified atom stereocenters. The fraction of sp³-hybridized carbons (Fsp3) is 0.200. The smallest absolute Gasteiger partial charge is 0.145 e. The van der Waals surface area contributed by atoms with Gasteiger partial charge in [0.05, 0.1) is 23.7 Å². The fourth-order valence-corrected chi connectivity index (χ4v) is 2.47. The van der Waals surface area contributed by atoms with Crippen molar-refractivity contribution in [2.75, 3.05) is 5.73 Å². The highest BCUT2D eigenvalue weighted by atomic mass is 16.5. The van der Waals surface area contributed by atoms with Crippen LogP contribution in [0.2, 0.25) is 0 Å². The molecule has 122 valence electrons. The van der Waals surface area contributed by atoms with Crippen LogP contribution in [0.1, 0.15) is 25.1 Å². The van der Waals surface area contributed by atoms with Crippen molar-refractivity contribution in [1.29, 1.82) is 0 Å². The van der Waals surface area contributed by atoms with Gasteiger partial charge in [-0.3, -0.25) is 0 Å². The summed E-state index contributed by atoms with van der Waals surface area (Å²) in [5, 5.41) is 0. The summed E-state index contributed by atoms with van der Waals surface area (Å²) in [5.41, 5.74) is 9.76. The quantitative estimate of drug-likeness (QED) is 0.769. The van der Waals surface area contributed by atoms with Gasteiger partial charge in [-0.25, -0.2) is 9.97 Å². The molecule has 0 fully saturated rings. The number of nitrogens with two attached hydrogens (primary N) is 1. The minimum absolute atomic E-state index is 0.157. The van der Waals surface area contributed by atoms with E-state index >= 15 is 0 Å². The van der Waals surface area contributed by atoms with E-state index in [0.29, 0.717) is 12.2 Å². The Morgan fingerprint density at radius 2 is 1.71 bits per heavy atom. The van der Waals surface area contributed by atoms with E-state index in [0.717, 1.165) is 28.3 Å². The van der Waals surface area contributed by atoms with Gasteiger partial charge in [-0.15, -0.1) is 0 Å². The predicted molar refractivity (Wildman–Crippen MR) is 96.9 cm³/mol. The predicted octanol–water partition coefficient (Wildman–Crippen LogP) is 4.10. The molecule has 3 aromatic rings. The standard InChI is InChI=1S/C20H21N3O/c1-14(2)24-17-10-8-16(9-11-17)19-13-22-20(21)18(23-19)12-15-6-4-3-5-7-15/h3-11,13-14H,12H2,1-2H3,(H2,21,22). The van der Waals surface area contributed by atoms with Crippen LogP contribution in [0.5, 0.6) is 5.75 Å². The van der Waals surface area contributed by atoms with Crippen LogP contribution in [0.3, 0.4) is 0 Å². The van der Waals surface area contributed by atoms with E-state index in [1.54, 1.807) is 6.20 Å². The Hall–Kier alpha value is -2.88. The van der Waals surface area contributed by atoms with Gasteiger partial charge < -0.3 is 10.5 Å². The second-order valence-corrected chi connectivity index (χ2v) is 5.94. The molecule has 0 amide bonds. The third-order valence-corrected chi connectivity index (χ3v) is 3.61. The molecule has 0 radical (unpaired) electrons. The van der Waals surface area contributed by atoms with Gasteiger partial charge in [0.15, 0.2) is 0 Å². The van der Waals surface area contributed by atoms with Gasteiger partial charge in [0.25, 0.3) is 0 Å². The first-order valence-corrected chi connectivity index (χ1v) is 8.04. The highest BCUT2D eigenvalue weighted by Gasteiger charge is 2.08. The van der Waals surface area contributed by atoms with Gasteiger partial charge >= 0.3 is 0 Å². The molecule has 1 heterocycles. The van der Waals surface area contributed by atoms with Gasteiger partial charge in [0.1, 0.15) is 11.6 Å². The number of hydrogen-bond donors (Lipinski definition) is 1. The maximum absolute atomic E-state index is 6.00. The van der Waals surface area contributed by atoms with Crippen molar-refractivity contribution in [3.05, 3.63) is 72.1 Å². The number of anilines is 1. The van der Waals surface area contributed by atoms with Crippen LogP contribution in [0, 0.1) is 0 Å². The largest absolute Gasteiger partial charge is 0.491 e. The zero-order valence-corrected chi connectivity index (χ0v) is 13.9. The van der Waals surface area contributed by atoms with Crippen molar-refractivity contribution < 1.29 is 4.74 Å². The van der Waals surface area contributed by atoms with Gasteiger partial charge in [-0.2, -0.15) is 0 Å². The molecule has 0 spiro atoms. The van der Waals surface area contributed by atoms with Crippen LogP contribution in [-0.2, 0) is 6.42 Å². The van der Waals surface area contributed by atoms with Crippen molar-refractivity contribution in [3.63, 3.8) is 0 Å². The number of nitrogen functional groups attached to an aromatic ring is 1. The van der Waals surface area contributed by atoms with Gasteiger partial charge in [-0.1, -0.05) is 30.3 Å². The monoisotopic (exact) mass is 319 g/mol. The summed E-state index contributed by atoms with van der Waals surface area (Å²) in [6.45, 7) is 4.02. The second kappa shape index (κ2) is 7.13. The first kappa shape index (κ1) is 16.0. The summed E-state index contributed by atoms with van der Waals surface area (Å²) in [7, 11) is 0. The van der Waals surface area contributed by atoms with E-state index in [1.165, 1.54) is 0 Å². The number of rotatable bonds is 5. The van der Waals surface area contributed by atoms with E-state index in [1.807, 2.05) is 56.3 Å². The molecule has 0 aliphatic carbocycles. The zero-order valence-electron chi connectivity index (χ0n) is 13.9. The summed E-state index contributed by atoms with van der Waals surface area (Å²) in [5.74, 6) is 1.32. The highest BCUT2D eigenvalue weighted by molar-refractivity contribution is 5.60. The molecule has 0 aliphatic rings. The maximum Gasteiger partial charge on any atom is 0.145 e. The molecule has 3 rings (SSSR count). The lowest BCUT2D eigenvalue weighted by Gasteiger charge is -2.11. The maximum atomic E-state index is 6.00. The zero-order chi connectivity index (χ0) is 16.9. The lowest BCUT2D eigenvalue weighted by molar-refractivity contribution is 0.242. The third-order valence-electron chi connectivity index (χ3n) is 3.61. The second-order valence-electron chi connectivity index (χ2n) is 5.94. The molecule has 4 heteroatoms. The molecule has 2 aromatic carbocycles. The number of benzene rings is 2. The van der Waals surface area contributed by atoms with Crippen LogP contribution >= 0.6 is 0 Å². The summed E-state index contributed by atoms with van der Waals surface area (Å²) in [4.78, 5) is 9.01. The fourth-order valence-electron chi connectivity index (χ4n) is 2.47. The molecule has 0 saturated heterocycles. The van der Waals surface area contributed by atoms with Crippen molar-refractivity contribution in [2.45, 2.75) is 26.4 Å². The molecular formula is C20H21N3O. The summed E-state index contributed by atoms with van der Waals surface area (Å²) < 4.78 is 5.67. The number of hydrogen-bond acceptors (Lipinski definition) is 4. The minimum Gasteiger partial charge on any atom is -0.491 e. The number of aromatic nitrogens is 2. The van der Waals surface area contributed by atoms with Crippen molar-refractivity contribution >= 4 is 5.82 Å². The highest BCUT2D eigenvalue weighted by Crippen LogP contribution is 2.23. The molecule has 24 heavy (non-hydrogen) atoms. The minimum atomic E-state index is 0.157. The molecule has 0 bridgehead atoms. The van der Waals surface area contributed by atoms with E-state index < -0.39 is 0 Å².